The molecule has 5 nitrogen and oxygen atoms in total. The van der Waals surface area contributed by atoms with Crippen LogP contribution in [0.2, 0.25) is 0 Å². The van der Waals surface area contributed by atoms with E-state index >= 15 is 0 Å². The number of amides is 2. The number of piperazine rings is 1. The molecule has 138 valence electrons. The maximum atomic E-state index is 12.3. The number of nitrogens with one attached hydrogen (secondary N) is 1. The first-order chi connectivity index (χ1) is 12.5. The largest absolute Gasteiger partial charge is 0.347 e. The molecule has 0 radical (unpaired) electrons. The Kier molecular flexibility index (Phi) is 5.89. The Morgan fingerprint density at radius 2 is 1.69 bits per heavy atom. The molecule has 0 unspecified atom stereocenters. The van der Waals surface area contributed by atoms with Crippen molar-refractivity contribution in [2.24, 2.45) is 0 Å². The quantitative estimate of drug-likeness (QED) is 0.895. The van der Waals surface area contributed by atoms with E-state index in [1.165, 1.54) is 0 Å². The number of nitrogens with zero attached hydrogens (tertiary/aromatic N) is 2. The highest BCUT2D eigenvalue weighted by Gasteiger charge is 2.22. The second-order valence-electron chi connectivity index (χ2n) is 7.10. The molecule has 2 aromatic carbocycles. The van der Waals surface area contributed by atoms with Gasteiger partial charge in [0.1, 0.15) is 0 Å². The van der Waals surface area contributed by atoms with Crippen LogP contribution in [0.25, 0.3) is 10.8 Å². The van der Waals surface area contributed by atoms with Gasteiger partial charge in [-0.15, -0.1) is 0 Å². The normalized spacial score (nSPS) is 15.4. The average molecular weight is 353 g/mol. The third-order valence-corrected chi connectivity index (χ3v) is 5.06. The topological polar surface area (TPSA) is 52.6 Å². The molecule has 0 bridgehead atoms. The standard InChI is InChI=1S/C21H27N3O2/c1-16(2)23-10-12-24(13-11-23)21(26)15-22-20(25)14-18-8-5-7-17-6-3-4-9-19(17)18/h3-9,16H,10-15H2,1-2H3,(H,22,25). The zero-order valence-electron chi connectivity index (χ0n) is 15.6. The lowest BCUT2D eigenvalue weighted by Crippen LogP contribution is -2.52. The maximum Gasteiger partial charge on any atom is 0.242 e. The van der Waals surface area contributed by atoms with Crippen molar-refractivity contribution in [2.45, 2.75) is 26.3 Å². The number of carbonyl (C=O) groups is 2. The average Bonchev–Trinajstić information content (AvgIpc) is 2.66. The van der Waals surface area contributed by atoms with Crippen LogP contribution in [0.5, 0.6) is 0 Å². The lowest BCUT2D eigenvalue weighted by Gasteiger charge is -2.36. The molecule has 1 aliphatic heterocycles. The van der Waals surface area contributed by atoms with Crippen molar-refractivity contribution >= 4 is 22.6 Å². The minimum Gasteiger partial charge on any atom is -0.347 e. The van der Waals surface area contributed by atoms with Gasteiger partial charge in [0.05, 0.1) is 13.0 Å². The molecular formula is C21H27N3O2. The second-order valence-corrected chi connectivity index (χ2v) is 7.10. The Balaban J connectivity index is 1.50. The SMILES string of the molecule is CC(C)N1CCN(C(=O)CNC(=O)Cc2cccc3ccccc23)CC1. The van der Waals surface area contributed by atoms with E-state index in [-0.39, 0.29) is 24.8 Å². The Labute approximate surface area is 155 Å². The van der Waals surface area contributed by atoms with Gasteiger partial charge in [-0.05, 0) is 30.2 Å². The predicted molar refractivity (Wildman–Crippen MR) is 104 cm³/mol. The van der Waals surface area contributed by atoms with Gasteiger partial charge < -0.3 is 10.2 Å². The highest BCUT2D eigenvalue weighted by atomic mass is 16.2. The van der Waals surface area contributed by atoms with Gasteiger partial charge >= 0.3 is 0 Å². The first-order valence-corrected chi connectivity index (χ1v) is 9.30. The highest BCUT2D eigenvalue weighted by Crippen LogP contribution is 2.18. The van der Waals surface area contributed by atoms with Crippen molar-refractivity contribution in [1.82, 2.24) is 15.1 Å². The molecule has 1 N–H and O–H groups in total. The van der Waals surface area contributed by atoms with E-state index in [0.717, 1.165) is 42.5 Å². The zero-order valence-corrected chi connectivity index (χ0v) is 15.6. The van der Waals surface area contributed by atoms with E-state index in [0.29, 0.717) is 6.04 Å². The van der Waals surface area contributed by atoms with Gasteiger partial charge in [-0.25, -0.2) is 0 Å². The summed E-state index contributed by atoms with van der Waals surface area (Å²) in [4.78, 5) is 28.8. The Morgan fingerprint density at radius 1 is 1.00 bits per heavy atom. The summed E-state index contributed by atoms with van der Waals surface area (Å²) in [6.07, 6.45) is 0.287. The van der Waals surface area contributed by atoms with E-state index in [2.05, 4.69) is 24.1 Å². The van der Waals surface area contributed by atoms with Crippen molar-refractivity contribution < 1.29 is 9.59 Å². The van der Waals surface area contributed by atoms with E-state index < -0.39 is 0 Å². The lowest BCUT2D eigenvalue weighted by molar-refractivity contribution is -0.134. The van der Waals surface area contributed by atoms with Crippen LogP contribution in [0.15, 0.2) is 42.5 Å². The van der Waals surface area contributed by atoms with Crippen LogP contribution < -0.4 is 5.32 Å². The first-order valence-electron chi connectivity index (χ1n) is 9.30. The number of carbonyl (C=O) groups excluding carboxylic acids is 2. The first kappa shape index (κ1) is 18.4. The molecule has 26 heavy (non-hydrogen) atoms. The van der Waals surface area contributed by atoms with E-state index in [9.17, 15) is 9.59 Å². The smallest absolute Gasteiger partial charge is 0.242 e. The van der Waals surface area contributed by atoms with Crippen molar-refractivity contribution in [2.75, 3.05) is 32.7 Å². The monoisotopic (exact) mass is 353 g/mol. The molecule has 1 saturated heterocycles. The summed E-state index contributed by atoms with van der Waals surface area (Å²) < 4.78 is 0. The fourth-order valence-electron chi connectivity index (χ4n) is 3.46. The maximum absolute atomic E-state index is 12.3. The molecular weight excluding hydrogens is 326 g/mol. The lowest BCUT2D eigenvalue weighted by atomic mass is 10.0. The Hall–Kier alpha value is -2.40. The van der Waals surface area contributed by atoms with Crippen molar-refractivity contribution in [1.29, 1.82) is 0 Å². The summed E-state index contributed by atoms with van der Waals surface area (Å²) in [5.41, 5.74) is 0.985. The molecule has 0 aliphatic carbocycles. The van der Waals surface area contributed by atoms with Crippen molar-refractivity contribution in [3.63, 3.8) is 0 Å². The zero-order chi connectivity index (χ0) is 18.5. The molecule has 1 fully saturated rings. The summed E-state index contributed by atoms with van der Waals surface area (Å²) in [7, 11) is 0. The van der Waals surface area contributed by atoms with Gasteiger partial charge in [-0.3, -0.25) is 14.5 Å². The van der Waals surface area contributed by atoms with Gasteiger partial charge in [0.15, 0.2) is 0 Å². The summed E-state index contributed by atoms with van der Waals surface area (Å²) >= 11 is 0. The number of fused-ring (bicyclic) bond motifs is 1. The summed E-state index contributed by atoms with van der Waals surface area (Å²) in [6.45, 7) is 7.67. The molecule has 2 aromatic rings. The van der Waals surface area contributed by atoms with Gasteiger partial charge in [0, 0.05) is 32.2 Å². The number of hydrogen-bond donors (Lipinski definition) is 1. The fourth-order valence-corrected chi connectivity index (χ4v) is 3.46. The van der Waals surface area contributed by atoms with Gasteiger partial charge in [0.2, 0.25) is 11.8 Å². The minimum absolute atomic E-state index is 0.000300. The fraction of sp³-hybridized carbons (Fsp3) is 0.429. The summed E-state index contributed by atoms with van der Waals surface area (Å²) in [6, 6.07) is 14.5. The van der Waals surface area contributed by atoms with E-state index in [4.69, 9.17) is 0 Å². The second kappa shape index (κ2) is 8.32. The van der Waals surface area contributed by atoms with Crippen LogP contribution in [0.4, 0.5) is 0 Å². The third-order valence-electron chi connectivity index (χ3n) is 5.06. The summed E-state index contributed by atoms with van der Waals surface area (Å²) in [5, 5.41) is 4.99. The molecule has 0 spiro atoms. The highest BCUT2D eigenvalue weighted by molar-refractivity contribution is 5.91. The van der Waals surface area contributed by atoms with Gasteiger partial charge in [-0.2, -0.15) is 0 Å². The molecule has 3 rings (SSSR count). The molecule has 0 atom stereocenters. The number of rotatable bonds is 5. The van der Waals surface area contributed by atoms with E-state index in [1.807, 2.05) is 47.4 Å². The molecule has 0 aromatic heterocycles. The van der Waals surface area contributed by atoms with Crippen LogP contribution >= 0.6 is 0 Å². The van der Waals surface area contributed by atoms with Crippen LogP contribution in [0, 0.1) is 0 Å². The Bertz CT molecular complexity index is 774. The molecule has 0 saturated carbocycles. The molecule has 1 aliphatic rings. The molecule has 5 heteroatoms. The number of hydrogen-bond acceptors (Lipinski definition) is 3. The third kappa shape index (κ3) is 4.41. The van der Waals surface area contributed by atoms with Crippen LogP contribution in [0.1, 0.15) is 19.4 Å². The van der Waals surface area contributed by atoms with Crippen LogP contribution in [-0.2, 0) is 16.0 Å². The summed E-state index contributed by atoms with van der Waals surface area (Å²) in [5.74, 6) is -0.116. The minimum atomic E-state index is -0.115. The number of benzene rings is 2. The Morgan fingerprint density at radius 3 is 2.42 bits per heavy atom. The van der Waals surface area contributed by atoms with Crippen LogP contribution in [0.3, 0.4) is 0 Å². The van der Waals surface area contributed by atoms with Crippen LogP contribution in [-0.4, -0.2) is 60.4 Å². The van der Waals surface area contributed by atoms with Gasteiger partial charge in [-0.1, -0.05) is 42.5 Å². The van der Waals surface area contributed by atoms with E-state index in [1.54, 1.807) is 0 Å². The van der Waals surface area contributed by atoms with Crippen molar-refractivity contribution in [3.05, 3.63) is 48.0 Å². The van der Waals surface area contributed by atoms with Gasteiger partial charge in [0.25, 0.3) is 0 Å². The molecule has 1 heterocycles. The predicted octanol–water partition coefficient (Wildman–Crippen LogP) is 2.05. The molecule has 2 amide bonds. The van der Waals surface area contributed by atoms with Crippen molar-refractivity contribution in [3.8, 4) is 0 Å².